The number of rotatable bonds is 3. The van der Waals surface area contributed by atoms with Crippen molar-refractivity contribution >= 4 is 15.9 Å². The maximum Gasteiger partial charge on any atom is 0.264 e. The normalized spacial score (nSPS) is 20.7. The summed E-state index contributed by atoms with van der Waals surface area (Å²) < 4.78 is 7.87. The van der Waals surface area contributed by atoms with Crippen LogP contribution in [0.25, 0.3) is 0 Å². The van der Waals surface area contributed by atoms with Gasteiger partial charge in [0.15, 0.2) is 0 Å². The maximum absolute atomic E-state index is 11.6. The summed E-state index contributed by atoms with van der Waals surface area (Å²) >= 11 is 3.23. The summed E-state index contributed by atoms with van der Waals surface area (Å²) in [5.41, 5.74) is 0.0375. The second-order valence-electron chi connectivity index (χ2n) is 3.78. The summed E-state index contributed by atoms with van der Waals surface area (Å²) in [6, 6.07) is 3.64. The van der Waals surface area contributed by atoms with Crippen LogP contribution in [0.3, 0.4) is 0 Å². The van der Waals surface area contributed by atoms with Crippen LogP contribution in [0, 0.1) is 0 Å². The summed E-state index contributed by atoms with van der Waals surface area (Å²) in [5.74, 6) is 0. The van der Waals surface area contributed by atoms with Gasteiger partial charge in [0.25, 0.3) is 5.56 Å². The van der Waals surface area contributed by atoms with E-state index in [2.05, 4.69) is 15.9 Å². The Kier molecular flexibility index (Phi) is 3.59. The second kappa shape index (κ2) is 4.94. The number of aryl methyl sites for hydroxylation is 1. The lowest BCUT2D eigenvalue weighted by Crippen LogP contribution is -2.22. The van der Waals surface area contributed by atoms with Gasteiger partial charge in [-0.05, 0) is 47.3 Å². The molecule has 15 heavy (non-hydrogen) atoms. The van der Waals surface area contributed by atoms with Gasteiger partial charge < -0.3 is 9.30 Å². The molecule has 0 spiro atoms. The number of hydrogen-bond donors (Lipinski definition) is 0. The van der Waals surface area contributed by atoms with Crippen molar-refractivity contribution in [3.05, 3.63) is 33.2 Å². The van der Waals surface area contributed by atoms with E-state index in [0.717, 1.165) is 32.4 Å². The Hall–Kier alpha value is -0.610. The van der Waals surface area contributed by atoms with Crippen LogP contribution in [0.4, 0.5) is 0 Å². The van der Waals surface area contributed by atoms with E-state index in [1.165, 1.54) is 0 Å². The zero-order valence-electron chi connectivity index (χ0n) is 8.49. The SMILES string of the molecule is O=c1c(Br)cccn1CCC1CCCO1. The van der Waals surface area contributed by atoms with Crippen LogP contribution in [0.2, 0.25) is 0 Å². The molecule has 1 unspecified atom stereocenters. The van der Waals surface area contributed by atoms with Crippen molar-refractivity contribution < 1.29 is 4.74 Å². The molecule has 0 bridgehead atoms. The zero-order chi connectivity index (χ0) is 10.7. The summed E-state index contributed by atoms with van der Waals surface area (Å²) in [4.78, 5) is 11.6. The van der Waals surface area contributed by atoms with E-state index in [1.54, 1.807) is 10.6 Å². The van der Waals surface area contributed by atoms with Gasteiger partial charge in [-0.15, -0.1) is 0 Å². The molecule has 1 atom stereocenters. The first-order valence-electron chi connectivity index (χ1n) is 5.24. The smallest absolute Gasteiger partial charge is 0.264 e. The van der Waals surface area contributed by atoms with E-state index in [-0.39, 0.29) is 5.56 Å². The Morgan fingerprint density at radius 2 is 2.47 bits per heavy atom. The van der Waals surface area contributed by atoms with E-state index >= 15 is 0 Å². The molecule has 0 radical (unpaired) electrons. The Morgan fingerprint density at radius 3 is 3.20 bits per heavy atom. The molecule has 2 heterocycles. The average molecular weight is 272 g/mol. The van der Waals surface area contributed by atoms with Crippen LogP contribution in [-0.4, -0.2) is 17.3 Å². The maximum atomic E-state index is 11.6. The van der Waals surface area contributed by atoms with E-state index in [0.29, 0.717) is 10.6 Å². The van der Waals surface area contributed by atoms with Crippen molar-refractivity contribution in [3.8, 4) is 0 Å². The van der Waals surface area contributed by atoms with E-state index in [9.17, 15) is 4.79 Å². The van der Waals surface area contributed by atoms with Gasteiger partial charge in [0.05, 0.1) is 10.6 Å². The van der Waals surface area contributed by atoms with Crippen molar-refractivity contribution in [2.45, 2.75) is 31.9 Å². The topological polar surface area (TPSA) is 31.2 Å². The van der Waals surface area contributed by atoms with Gasteiger partial charge in [-0.1, -0.05) is 0 Å². The highest BCUT2D eigenvalue weighted by atomic mass is 79.9. The molecule has 3 nitrogen and oxygen atoms in total. The molecule has 1 aliphatic heterocycles. The Morgan fingerprint density at radius 1 is 1.60 bits per heavy atom. The molecule has 1 aromatic rings. The van der Waals surface area contributed by atoms with Gasteiger partial charge in [0.1, 0.15) is 0 Å². The first kappa shape index (κ1) is 10.9. The lowest BCUT2D eigenvalue weighted by atomic mass is 10.2. The lowest BCUT2D eigenvalue weighted by Gasteiger charge is -2.10. The third-order valence-electron chi connectivity index (χ3n) is 2.69. The highest BCUT2D eigenvalue weighted by molar-refractivity contribution is 9.10. The fourth-order valence-electron chi connectivity index (χ4n) is 1.84. The van der Waals surface area contributed by atoms with E-state index in [4.69, 9.17) is 4.74 Å². The predicted molar refractivity (Wildman–Crippen MR) is 62.0 cm³/mol. The first-order chi connectivity index (χ1) is 7.27. The largest absolute Gasteiger partial charge is 0.378 e. The molecule has 0 amide bonds. The molecular weight excluding hydrogens is 258 g/mol. The van der Waals surface area contributed by atoms with Crippen LogP contribution in [-0.2, 0) is 11.3 Å². The molecule has 1 saturated heterocycles. The van der Waals surface area contributed by atoms with E-state index < -0.39 is 0 Å². The number of hydrogen-bond acceptors (Lipinski definition) is 2. The first-order valence-corrected chi connectivity index (χ1v) is 6.03. The van der Waals surface area contributed by atoms with Gasteiger partial charge >= 0.3 is 0 Å². The molecule has 1 aromatic heterocycles. The lowest BCUT2D eigenvalue weighted by molar-refractivity contribution is 0.100. The summed E-state index contributed by atoms with van der Waals surface area (Å²) in [6.45, 7) is 1.61. The second-order valence-corrected chi connectivity index (χ2v) is 4.63. The molecule has 1 fully saturated rings. The molecule has 4 heteroatoms. The molecular formula is C11H14BrNO2. The zero-order valence-corrected chi connectivity index (χ0v) is 10.1. The van der Waals surface area contributed by atoms with Crippen molar-refractivity contribution in [1.29, 1.82) is 0 Å². The van der Waals surface area contributed by atoms with Gasteiger partial charge in [-0.2, -0.15) is 0 Å². The number of pyridine rings is 1. The van der Waals surface area contributed by atoms with Crippen LogP contribution in [0.1, 0.15) is 19.3 Å². The number of halogens is 1. The molecule has 1 aliphatic rings. The number of nitrogens with zero attached hydrogens (tertiary/aromatic N) is 1. The van der Waals surface area contributed by atoms with Crippen LogP contribution < -0.4 is 5.56 Å². The van der Waals surface area contributed by atoms with E-state index in [1.807, 2.05) is 12.3 Å². The molecule has 0 aromatic carbocycles. The minimum atomic E-state index is 0.0375. The standard InChI is InChI=1S/C11H14BrNO2/c12-10-4-1-6-13(11(10)14)7-5-9-3-2-8-15-9/h1,4,6,9H,2-3,5,7-8H2. The minimum Gasteiger partial charge on any atom is -0.378 e. The predicted octanol–water partition coefficient (Wildman–Crippen LogP) is 2.18. The van der Waals surface area contributed by atoms with Crippen LogP contribution >= 0.6 is 15.9 Å². The highest BCUT2D eigenvalue weighted by Crippen LogP contribution is 2.15. The summed E-state index contributed by atoms with van der Waals surface area (Å²) in [5, 5.41) is 0. The molecule has 2 rings (SSSR count). The van der Waals surface area contributed by atoms with Crippen molar-refractivity contribution in [1.82, 2.24) is 4.57 Å². The molecule has 0 N–H and O–H groups in total. The van der Waals surface area contributed by atoms with Gasteiger partial charge in [0, 0.05) is 19.3 Å². The monoisotopic (exact) mass is 271 g/mol. The third kappa shape index (κ3) is 2.69. The highest BCUT2D eigenvalue weighted by Gasteiger charge is 2.15. The fraction of sp³-hybridized carbons (Fsp3) is 0.545. The summed E-state index contributed by atoms with van der Waals surface area (Å²) in [7, 11) is 0. The van der Waals surface area contributed by atoms with Gasteiger partial charge in [-0.3, -0.25) is 4.79 Å². The average Bonchev–Trinajstić information content (AvgIpc) is 2.73. The number of ether oxygens (including phenoxy) is 1. The quantitative estimate of drug-likeness (QED) is 0.844. The Bertz CT molecular complexity index is 382. The Labute approximate surface area is 97.2 Å². The Balaban J connectivity index is 1.98. The van der Waals surface area contributed by atoms with Gasteiger partial charge in [-0.25, -0.2) is 0 Å². The molecule has 82 valence electrons. The van der Waals surface area contributed by atoms with Crippen LogP contribution in [0.15, 0.2) is 27.6 Å². The fourth-order valence-corrected chi connectivity index (χ4v) is 2.22. The van der Waals surface area contributed by atoms with Crippen molar-refractivity contribution in [2.75, 3.05) is 6.61 Å². The van der Waals surface area contributed by atoms with Crippen molar-refractivity contribution in [3.63, 3.8) is 0 Å². The van der Waals surface area contributed by atoms with Crippen LogP contribution in [0.5, 0.6) is 0 Å². The third-order valence-corrected chi connectivity index (χ3v) is 3.29. The van der Waals surface area contributed by atoms with Gasteiger partial charge in [0.2, 0.25) is 0 Å². The molecule has 0 aliphatic carbocycles. The minimum absolute atomic E-state index is 0.0375. The summed E-state index contributed by atoms with van der Waals surface area (Å²) in [6.07, 6.45) is 5.37. The molecule has 0 saturated carbocycles. The number of aromatic nitrogens is 1. The van der Waals surface area contributed by atoms with Crippen molar-refractivity contribution in [2.24, 2.45) is 0 Å².